The van der Waals surface area contributed by atoms with E-state index in [0.29, 0.717) is 0 Å². The molecule has 3 N–H and O–H groups in total. The van der Waals surface area contributed by atoms with Crippen molar-refractivity contribution in [2.45, 2.75) is 13.3 Å². The summed E-state index contributed by atoms with van der Waals surface area (Å²) in [4.78, 5) is 28.4. The Bertz CT molecular complexity index is 231. The van der Waals surface area contributed by atoms with Gasteiger partial charge in [0.1, 0.15) is 0 Å². The summed E-state index contributed by atoms with van der Waals surface area (Å²) in [6, 6.07) is 0. The number of amides is 1. The van der Waals surface area contributed by atoms with Gasteiger partial charge in [0, 0.05) is 38.6 Å². The Hall–Kier alpha value is -0.956. The number of rotatable bonds is 4. The Morgan fingerprint density at radius 1 is 1.56 bits per heavy atom. The Kier molecular flexibility index (Phi) is 15.5. The minimum Gasteiger partial charge on any atom is -0.632 e. The molecule has 0 aromatic rings. The number of carboxylic acids is 1. The fourth-order valence-corrected chi connectivity index (χ4v) is 0.575. The normalized spacial score (nSPS) is 9.81. The number of aliphatic carboxylic acids is 1. The van der Waals surface area contributed by atoms with Crippen LogP contribution in [0.4, 0.5) is 4.79 Å². The van der Waals surface area contributed by atoms with Crippen molar-refractivity contribution in [3.63, 3.8) is 0 Å². The van der Waals surface area contributed by atoms with Crippen LogP contribution in [0.2, 0.25) is 0 Å². The van der Waals surface area contributed by atoms with E-state index in [2.05, 4.69) is 4.74 Å². The fraction of sp³-hybridized carbons (Fsp3) is 0.667. The van der Waals surface area contributed by atoms with Gasteiger partial charge in [-0.2, -0.15) is 0 Å². The molecule has 16 heavy (non-hydrogen) atoms. The smallest absolute Gasteiger partial charge is 0.303 e. The van der Waals surface area contributed by atoms with Crippen molar-refractivity contribution in [2.24, 2.45) is 5.92 Å². The zero-order valence-corrected chi connectivity index (χ0v) is 11.3. The SMILES string of the molecule is CC(COC([NH-])=O)CC(=O)O.O=[N+]([O-])O.[Y]. The number of carboxylic acid groups (broad SMARTS) is 1. The minimum absolute atomic E-state index is 0. The summed E-state index contributed by atoms with van der Waals surface area (Å²) in [6.07, 6.45) is -1.17. The van der Waals surface area contributed by atoms with Crippen molar-refractivity contribution >= 4 is 12.1 Å². The van der Waals surface area contributed by atoms with Gasteiger partial charge in [0.2, 0.25) is 6.09 Å². The van der Waals surface area contributed by atoms with Gasteiger partial charge in [-0.25, -0.2) is 0 Å². The van der Waals surface area contributed by atoms with Crippen LogP contribution >= 0.6 is 0 Å². The van der Waals surface area contributed by atoms with Crippen molar-refractivity contribution in [3.8, 4) is 0 Å². The first-order chi connectivity index (χ1) is 6.75. The molecule has 0 rings (SSSR count). The second-order valence-corrected chi connectivity index (χ2v) is 2.54. The molecule has 0 heterocycles. The number of ether oxygens (including phenoxy) is 1. The molecule has 0 fully saturated rings. The van der Waals surface area contributed by atoms with Crippen molar-refractivity contribution in [3.05, 3.63) is 15.8 Å². The number of carbonyl (C=O) groups excluding carboxylic acids is 1. The van der Waals surface area contributed by atoms with Crippen LogP contribution in [0.1, 0.15) is 13.3 Å². The number of nitrogens with zero attached hydrogens (tertiary/aromatic N) is 1. The van der Waals surface area contributed by atoms with Gasteiger partial charge >= 0.3 is 5.97 Å². The summed E-state index contributed by atoms with van der Waals surface area (Å²) in [5, 5.41) is 21.9. The average Bonchev–Trinajstić information content (AvgIpc) is 1.98. The minimum atomic E-state index is -1.50. The van der Waals surface area contributed by atoms with Gasteiger partial charge < -0.3 is 20.8 Å². The van der Waals surface area contributed by atoms with Gasteiger partial charge in [0.25, 0.3) is 5.09 Å². The second kappa shape index (κ2) is 12.1. The molecular weight excluding hydrogens is 301 g/mol. The molecule has 1 atom stereocenters. The van der Waals surface area contributed by atoms with E-state index in [1.807, 2.05) is 0 Å². The Morgan fingerprint density at radius 2 is 1.94 bits per heavy atom. The Labute approximate surface area is 116 Å². The summed E-state index contributed by atoms with van der Waals surface area (Å²) >= 11 is 0. The molecule has 0 aliphatic carbocycles. The monoisotopic (exact) mass is 312 g/mol. The summed E-state index contributed by atoms with van der Waals surface area (Å²) in [7, 11) is 0. The van der Waals surface area contributed by atoms with Crippen LogP contribution in [0, 0.1) is 16.0 Å². The molecule has 0 aliphatic rings. The van der Waals surface area contributed by atoms with Crippen LogP contribution in [0.15, 0.2) is 0 Å². The molecule has 9 nitrogen and oxygen atoms in total. The van der Waals surface area contributed by atoms with Gasteiger partial charge in [-0.3, -0.25) is 9.59 Å². The molecule has 0 bridgehead atoms. The van der Waals surface area contributed by atoms with E-state index < -0.39 is 17.1 Å². The summed E-state index contributed by atoms with van der Waals surface area (Å²) < 4.78 is 4.27. The molecule has 10 heteroatoms. The standard InChI is InChI=1S/C6H11NO4.HNO3.Y/c1-4(2-5(8)9)3-11-6(7)10;2-1(3)4;/h4H,2-3H2,1H3,(H3,7,8,9,10);(H,2,3,4);/p-1. The first-order valence-corrected chi connectivity index (χ1v) is 3.69. The molecule has 0 aromatic carbocycles. The number of carbonyl (C=O) groups is 2. The van der Waals surface area contributed by atoms with Gasteiger partial charge in [-0.05, 0) is 0 Å². The van der Waals surface area contributed by atoms with E-state index in [1.165, 1.54) is 0 Å². The molecule has 1 unspecified atom stereocenters. The fourth-order valence-electron chi connectivity index (χ4n) is 0.575. The second-order valence-electron chi connectivity index (χ2n) is 2.54. The summed E-state index contributed by atoms with van der Waals surface area (Å²) in [5.74, 6) is -1.17. The van der Waals surface area contributed by atoms with E-state index in [-0.39, 0.29) is 51.7 Å². The molecule has 0 saturated carbocycles. The maximum atomic E-state index is 10.1. The van der Waals surface area contributed by atoms with Crippen LogP contribution in [0.5, 0.6) is 0 Å². The molecule has 1 radical (unpaired) electrons. The third-order valence-electron chi connectivity index (χ3n) is 1.02. The van der Waals surface area contributed by atoms with Crippen molar-refractivity contribution < 1.29 is 62.4 Å². The van der Waals surface area contributed by atoms with Gasteiger partial charge in [-0.1, -0.05) is 6.92 Å². The molecule has 1 amide bonds. The Balaban J connectivity index is -0.000000292. The zero-order valence-electron chi connectivity index (χ0n) is 8.45. The molecule has 0 spiro atoms. The molecule has 0 aromatic heterocycles. The number of hydrogen-bond acceptors (Lipinski definition) is 5. The zero-order chi connectivity index (χ0) is 12.4. The molecule has 0 saturated heterocycles. The van der Waals surface area contributed by atoms with Gasteiger partial charge in [0.15, 0.2) is 0 Å². The maximum absolute atomic E-state index is 10.1. The van der Waals surface area contributed by atoms with Crippen molar-refractivity contribution in [1.29, 1.82) is 0 Å². The molecular formula is C6H11N2O7Y-. The quantitative estimate of drug-likeness (QED) is 0.578. The summed E-state index contributed by atoms with van der Waals surface area (Å²) in [6.45, 7) is 1.63. The van der Waals surface area contributed by atoms with Crippen LogP contribution < -0.4 is 0 Å². The van der Waals surface area contributed by atoms with E-state index in [9.17, 15) is 9.59 Å². The van der Waals surface area contributed by atoms with Crippen LogP contribution in [0.3, 0.4) is 0 Å². The first kappa shape index (κ1) is 20.5. The molecule has 0 aliphatic heterocycles. The van der Waals surface area contributed by atoms with Crippen LogP contribution in [0.25, 0.3) is 5.73 Å². The van der Waals surface area contributed by atoms with Crippen LogP contribution in [-0.2, 0) is 42.2 Å². The largest absolute Gasteiger partial charge is 0.632 e. The Morgan fingerprint density at radius 3 is 2.19 bits per heavy atom. The number of nitrogens with one attached hydrogen (secondary N) is 1. The maximum Gasteiger partial charge on any atom is 0.303 e. The van der Waals surface area contributed by atoms with Crippen molar-refractivity contribution in [2.75, 3.05) is 6.61 Å². The first-order valence-electron chi connectivity index (χ1n) is 3.69. The topological polar surface area (TPSA) is 151 Å². The van der Waals surface area contributed by atoms with E-state index in [1.54, 1.807) is 6.92 Å². The van der Waals surface area contributed by atoms with Gasteiger partial charge in [-0.15, -0.1) is 10.1 Å². The number of hydrogen-bond donors (Lipinski definition) is 2. The predicted molar refractivity (Wildman–Crippen MR) is 45.9 cm³/mol. The summed E-state index contributed by atoms with van der Waals surface area (Å²) in [5.41, 5.74) is 6.34. The van der Waals surface area contributed by atoms with Crippen molar-refractivity contribution in [1.82, 2.24) is 0 Å². The van der Waals surface area contributed by atoms with Crippen LogP contribution in [-0.4, -0.2) is 34.1 Å². The van der Waals surface area contributed by atoms with Gasteiger partial charge in [0.05, 0.1) is 13.0 Å². The molecule has 91 valence electrons. The third-order valence-corrected chi connectivity index (χ3v) is 1.02. The van der Waals surface area contributed by atoms with E-state index in [0.717, 1.165) is 0 Å². The van der Waals surface area contributed by atoms with E-state index >= 15 is 0 Å². The third kappa shape index (κ3) is 29.2. The van der Waals surface area contributed by atoms with E-state index in [4.69, 9.17) is 26.2 Å². The predicted octanol–water partition coefficient (Wildman–Crippen LogP) is 0.936. The average molecular weight is 312 g/mol.